The van der Waals surface area contributed by atoms with Gasteiger partial charge in [0, 0.05) is 19.0 Å². The lowest BCUT2D eigenvalue weighted by molar-refractivity contribution is -0.174. The zero-order valence-corrected chi connectivity index (χ0v) is 11.5. The van der Waals surface area contributed by atoms with E-state index >= 15 is 0 Å². The van der Waals surface area contributed by atoms with Gasteiger partial charge in [-0.25, -0.2) is 0 Å². The summed E-state index contributed by atoms with van der Waals surface area (Å²) in [5, 5.41) is 2.81. The zero-order chi connectivity index (χ0) is 15.0. The number of rotatable bonds is 7. The van der Waals surface area contributed by atoms with E-state index in [1.807, 2.05) is 0 Å². The van der Waals surface area contributed by atoms with Gasteiger partial charge in [0.25, 0.3) is 0 Å². The van der Waals surface area contributed by atoms with E-state index in [0.29, 0.717) is 12.5 Å². The van der Waals surface area contributed by atoms with Crippen molar-refractivity contribution in [3.05, 3.63) is 0 Å². The highest BCUT2D eigenvalue weighted by Crippen LogP contribution is 2.26. The molecule has 118 valence electrons. The molecule has 1 saturated carbocycles. The van der Waals surface area contributed by atoms with E-state index in [0.717, 1.165) is 25.7 Å². The van der Waals surface area contributed by atoms with E-state index in [-0.39, 0.29) is 25.0 Å². The number of hydrogen-bond acceptors (Lipinski definition) is 3. The second-order valence-electron chi connectivity index (χ2n) is 5.23. The molecule has 4 nitrogen and oxygen atoms in total. The summed E-state index contributed by atoms with van der Waals surface area (Å²) in [6.07, 6.45) is 1.18. The Labute approximate surface area is 117 Å². The smallest absolute Gasteiger partial charge is 0.372 e. The van der Waals surface area contributed by atoms with Gasteiger partial charge in [0.15, 0.2) is 0 Å². The number of ether oxygens (including phenoxy) is 1. The predicted molar refractivity (Wildman–Crippen MR) is 69.1 cm³/mol. The summed E-state index contributed by atoms with van der Waals surface area (Å²) in [5.41, 5.74) is 5.67. The summed E-state index contributed by atoms with van der Waals surface area (Å²) in [4.78, 5) is 11.7. The molecule has 0 saturated heterocycles. The second kappa shape index (κ2) is 8.46. The topological polar surface area (TPSA) is 64.3 Å². The number of halogens is 3. The first-order valence-electron chi connectivity index (χ1n) is 7.06. The monoisotopic (exact) mass is 296 g/mol. The normalized spacial score (nSPS) is 18.8. The van der Waals surface area contributed by atoms with Crippen LogP contribution in [0.1, 0.15) is 38.5 Å². The van der Waals surface area contributed by atoms with Crippen LogP contribution in [0.4, 0.5) is 13.2 Å². The number of amides is 1. The van der Waals surface area contributed by atoms with Crippen LogP contribution in [0.5, 0.6) is 0 Å². The van der Waals surface area contributed by atoms with Gasteiger partial charge in [0.05, 0.1) is 6.61 Å². The molecule has 0 aromatic heterocycles. The third kappa shape index (κ3) is 7.09. The Morgan fingerprint density at radius 2 is 1.95 bits per heavy atom. The van der Waals surface area contributed by atoms with Crippen LogP contribution < -0.4 is 11.1 Å². The number of nitrogens with one attached hydrogen (secondary N) is 1. The quantitative estimate of drug-likeness (QED) is 0.706. The molecule has 1 unspecified atom stereocenters. The van der Waals surface area contributed by atoms with Gasteiger partial charge in [-0.2, -0.15) is 13.2 Å². The molecular formula is C13H23F3N2O2. The van der Waals surface area contributed by atoms with Crippen molar-refractivity contribution in [3.63, 3.8) is 0 Å². The molecular weight excluding hydrogens is 273 g/mol. The first kappa shape index (κ1) is 17.2. The fourth-order valence-electron chi connectivity index (χ4n) is 2.54. The van der Waals surface area contributed by atoms with Crippen LogP contribution in [0.2, 0.25) is 0 Å². The molecule has 3 N–H and O–H groups in total. The van der Waals surface area contributed by atoms with Gasteiger partial charge < -0.3 is 15.8 Å². The molecule has 0 aromatic rings. The van der Waals surface area contributed by atoms with Gasteiger partial charge in [-0.05, 0) is 18.8 Å². The Bertz CT molecular complexity index is 292. The maximum atomic E-state index is 11.8. The molecule has 1 fully saturated rings. The average Bonchev–Trinajstić information content (AvgIpc) is 2.41. The Hall–Kier alpha value is -0.820. The van der Waals surface area contributed by atoms with Crippen LogP contribution in [0, 0.1) is 5.92 Å². The minimum absolute atomic E-state index is 0.0701. The summed E-state index contributed by atoms with van der Waals surface area (Å²) in [6.45, 7) is -1.18. The molecule has 1 aliphatic carbocycles. The van der Waals surface area contributed by atoms with Gasteiger partial charge in [0.2, 0.25) is 5.91 Å². The number of alkyl halides is 3. The molecule has 0 aromatic carbocycles. The van der Waals surface area contributed by atoms with Gasteiger partial charge in [-0.15, -0.1) is 0 Å². The van der Waals surface area contributed by atoms with Crippen molar-refractivity contribution < 1.29 is 22.7 Å². The summed E-state index contributed by atoms with van der Waals surface area (Å²) in [5.74, 6) is 0.0852. The first-order valence-corrected chi connectivity index (χ1v) is 7.06. The molecule has 0 radical (unpaired) electrons. The Morgan fingerprint density at radius 3 is 2.50 bits per heavy atom. The van der Waals surface area contributed by atoms with E-state index in [2.05, 4.69) is 10.1 Å². The number of hydrogen-bond donors (Lipinski definition) is 2. The maximum absolute atomic E-state index is 11.8. The van der Waals surface area contributed by atoms with Crippen molar-refractivity contribution in [3.8, 4) is 0 Å². The summed E-state index contributed by atoms with van der Waals surface area (Å²) < 4.78 is 39.9. The van der Waals surface area contributed by atoms with E-state index in [1.165, 1.54) is 6.42 Å². The fraction of sp³-hybridized carbons (Fsp3) is 0.923. The Kier molecular flexibility index (Phi) is 7.29. The van der Waals surface area contributed by atoms with Crippen LogP contribution in [-0.2, 0) is 9.53 Å². The minimum atomic E-state index is -4.35. The molecule has 20 heavy (non-hydrogen) atoms. The van der Waals surface area contributed by atoms with E-state index in [9.17, 15) is 18.0 Å². The van der Waals surface area contributed by atoms with Crippen LogP contribution in [-0.4, -0.2) is 37.9 Å². The number of nitrogens with two attached hydrogens (primary N) is 1. The minimum Gasteiger partial charge on any atom is -0.372 e. The summed E-state index contributed by atoms with van der Waals surface area (Å²) in [6, 6.07) is -0.0783. The average molecular weight is 296 g/mol. The van der Waals surface area contributed by atoms with Crippen molar-refractivity contribution >= 4 is 5.91 Å². The van der Waals surface area contributed by atoms with Crippen molar-refractivity contribution in [1.29, 1.82) is 0 Å². The second-order valence-corrected chi connectivity index (χ2v) is 5.23. The van der Waals surface area contributed by atoms with Gasteiger partial charge in [-0.1, -0.05) is 19.3 Å². The SMILES string of the molecule is NCC(NC(=O)CCOCC(F)(F)F)C1CCCCC1. The van der Waals surface area contributed by atoms with Crippen molar-refractivity contribution in [2.24, 2.45) is 11.7 Å². The molecule has 1 aliphatic rings. The lowest BCUT2D eigenvalue weighted by Gasteiger charge is -2.30. The van der Waals surface area contributed by atoms with Gasteiger partial charge in [-0.3, -0.25) is 4.79 Å². The number of carbonyl (C=O) groups excluding carboxylic acids is 1. The third-order valence-corrected chi connectivity index (χ3v) is 3.56. The van der Waals surface area contributed by atoms with Gasteiger partial charge >= 0.3 is 6.18 Å². The van der Waals surface area contributed by atoms with Crippen molar-refractivity contribution in [1.82, 2.24) is 5.32 Å². The molecule has 1 rings (SSSR count). The molecule has 7 heteroatoms. The highest BCUT2D eigenvalue weighted by atomic mass is 19.4. The van der Waals surface area contributed by atoms with E-state index in [4.69, 9.17) is 5.73 Å². The van der Waals surface area contributed by atoms with Crippen molar-refractivity contribution in [2.75, 3.05) is 19.8 Å². The Balaban J connectivity index is 2.21. The largest absolute Gasteiger partial charge is 0.411 e. The van der Waals surface area contributed by atoms with Crippen LogP contribution in [0.25, 0.3) is 0 Å². The molecule has 0 heterocycles. The standard InChI is InChI=1S/C13H23F3N2O2/c14-13(15,16)9-20-7-6-12(19)18-11(8-17)10-4-2-1-3-5-10/h10-11H,1-9,17H2,(H,18,19). The predicted octanol–water partition coefficient (Wildman–Crippen LogP) is 1.98. The fourth-order valence-corrected chi connectivity index (χ4v) is 2.54. The molecule has 0 spiro atoms. The molecule has 1 atom stereocenters. The Morgan fingerprint density at radius 1 is 1.30 bits per heavy atom. The van der Waals surface area contributed by atoms with Crippen molar-refractivity contribution in [2.45, 2.75) is 50.7 Å². The van der Waals surface area contributed by atoms with Crippen LogP contribution in [0.15, 0.2) is 0 Å². The highest BCUT2D eigenvalue weighted by molar-refractivity contribution is 5.76. The summed E-state index contributed by atoms with van der Waals surface area (Å²) in [7, 11) is 0. The lowest BCUT2D eigenvalue weighted by Crippen LogP contribution is -2.46. The maximum Gasteiger partial charge on any atom is 0.411 e. The van der Waals surface area contributed by atoms with E-state index < -0.39 is 12.8 Å². The molecule has 0 aliphatic heterocycles. The number of carbonyl (C=O) groups is 1. The van der Waals surface area contributed by atoms with Crippen LogP contribution in [0.3, 0.4) is 0 Å². The molecule has 0 bridgehead atoms. The lowest BCUT2D eigenvalue weighted by atomic mass is 9.84. The highest BCUT2D eigenvalue weighted by Gasteiger charge is 2.27. The van der Waals surface area contributed by atoms with E-state index in [1.54, 1.807) is 0 Å². The third-order valence-electron chi connectivity index (χ3n) is 3.56. The van der Waals surface area contributed by atoms with Crippen LogP contribution >= 0.6 is 0 Å². The summed E-state index contributed by atoms with van der Waals surface area (Å²) >= 11 is 0. The first-order chi connectivity index (χ1) is 9.42. The zero-order valence-electron chi connectivity index (χ0n) is 11.5. The molecule has 1 amide bonds. The van der Waals surface area contributed by atoms with Gasteiger partial charge in [0.1, 0.15) is 6.61 Å².